The summed E-state index contributed by atoms with van der Waals surface area (Å²) in [6.07, 6.45) is 0. The Hall–Kier alpha value is -8.96. The van der Waals surface area contributed by atoms with Gasteiger partial charge in [-0.05, 0) is 110 Å². The fourth-order valence-corrected chi connectivity index (χ4v) is 16.5. The summed E-state index contributed by atoms with van der Waals surface area (Å²) < 4.78 is 11.4. The first kappa shape index (κ1) is 40.1. The van der Waals surface area contributed by atoms with Crippen molar-refractivity contribution in [3.05, 3.63) is 267 Å². The van der Waals surface area contributed by atoms with E-state index in [1.165, 1.54) is 70.0 Å². The fourth-order valence-electron chi connectivity index (χ4n) is 11.7. The van der Waals surface area contributed by atoms with Crippen molar-refractivity contribution in [3.63, 3.8) is 0 Å². The lowest BCUT2D eigenvalue weighted by Crippen LogP contribution is -2.74. The van der Waals surface area contributed by atoms with Crippen LogP contribution in [0.4, 0.5) is 0 Å². The molecule has 11 aromatic carbocycles. The van der Waals surface area contributed by atoms with Gasteiger partial charge in [-0.25, -0.2) is 0 Å². The van der Waals surface area contributed by atoms with Gasteiger partial charge < -0.3 is 13.6 Å². The van der Waals surface area contributed by atoms with E-state index in [1.54, 1.807) is 0 Å². The normalized spacial score (nSPS) is 12.0. The van der Waals surface area contributed by atoms with Gasteiger partial charge in [0.25, 0.3) is 0 Å². The predicted molar refractivity (Wildman–Crippen MR) is 297 cm³/mol. The standard InChI is InChI=1S/C66H44N2OSi/c1-5-20-45(21-6-1)46-38-40-61-58(42-46)65-54(55-33-19-37-64-66(55)56-31-14-16-36-63(56)69-64)32-18-35-62(65)68(61)48-39-41-60-57(44-48)53-30-13-15-34-59(53)67(60)47-22-17-29-52(43-47)70(49-23-7-2-8-24-49,50-25-9-3-10-26-50)51-27-11-4-12-28-51/h1-44H. The SMILES string of the molecule is c1ccc(-c2ccc3c(c2)c2c(-c4cccc5oc6ccccc6c45)cccc2n3-c2ccc3c(c2)c2ccccc2n3-c2cccc([Si](c3ccccc3)(c3ccccc3)c3ccccc3)c2)cc1. The van der Waals surface area contributed by atoms with Crippen LogP contribution in [0.25, 0.3) is 99.2 Å². The molecule has 0 amide bonds. The number of para-hydroxylation sites is 2. The van der Waals surface area contributed by atoms with E-state index < -0.39 is 8.07 Å². The van der Waals surface area contributed by atoms with Crippen LogP contribution in [-0.2, 0) is 0 Å². The fraction of sp³-hybridized carbons (Fsp3) is 0. The zero-order valence-electron chi connectivity index (χ0n) is 38.2. The summed E-state index contributed by atoms with van der Waals surface area (Å²) in [7, 11) is -2.78. The van der Waals surface area contributed by atoms with Crippen molar-refractivity contribution in [3.8, 4) is 33.6 Å². The second-order valence-corrected chi connectivity index (χ2v) is 22.2. The molecule has 0 saturated carbocycles. The molecule has 0 fully saturated rings. The summed E-state index contributed by atoms with van der Waals surface area (Å²) in [6, 6.07) is 98.3. The monoisotopic (exact) mass is 908 g/mol. The number of fused-ring (bicyclic) bond motifs is 9. The third kappa shape index (κ3) is 6.07. The Morgan fingerprint density at radius 3 is 1.50 bits per heavy atom. The van der Waals surface area contributed by atoms with Crippen LogP contribution < -0.4 is 20.7 Å². The summed E-state index contributed by atoms with van der Waals surface area (Å²) in [5, 5.41) is 12.5. The van der Waals surface area contributed by atoms with E-state index in [0.717, 1.165) is 49.9 Å². The highest BCUT2D eigenvalue weighted by molar-refractivity contribution is 7.19. The summed E-state index contributed by atoms with van der Waals surface area (Å²) in [5.41, 5.74) is 13.4. The Morgan fingerprint density at radius 2 is 0.771 bits per heavy atom. The Kier molecular flexibility index (Phi) is 9.23. The largest absolute Gasteiger partial charge is 0.456 e. The van der Waals surface area contributed by atoms with Gasteiger partial charge in [-0.1, -0.05) is 200 Å². The highest BCUT2D eigenvalue weighted by atomic mass is 28.3. The molecular formula is C66H44N2OSi. The second-order valence-electron chi connectivity index (χ2n) is 18.4. The highest BCUT2D eigenvalue weighted by Crippen LogP contribution is 2.45. The second kappa shape index (κ2) is 16.1. The van der Waals surface area contributed by atoms with Gasteiger partial charge in [0.2, 0.25) is 0 Å². The summed E-state index contributed by atoms with van der Waals surface area (Å²) in [4.78, 5) is 0. The van der Waals surface area contributed by atoms with Crippen molar-refractivity contribution in [2.45, 2.75) is 0 Å². The lowest BCUT2D eigenvalue weighted by atomic mass is 9.94. The number of aromatic nitrogens is 2. The first-order valence-corrected chi connectivity index (χ1v) is 26.1. The molecule has 0 bridgehead atoms. The molecular weight excluding hydrogens is 865 g/mol. The summed E-state index contributed by atoms with van der Waals surface area (Å²) in [5.74, 6) is 0. The topological polar surface area (TPSA) is 23.0 Å². The molecule has 0 atom stereocenters. The summed E-state index contributed by atoms with van der Waals surface area (Å²) in [6.45, 7) is 0. The third-order valence-corrected chi connectivity index (χ3v) is 19.4. The van der Waals surface area contributed by atoms with Crippen molar-refractivity contribution >= 4 is 94.4 Å². The van der Waals surface area contributed by atoms with Crippen LogP contribution in [0.5, 0.6) is 0 Å². The first-order valence-electron chi connectivity index (χ1n) is 24.1. The molecule has 0 spiro atoms. The molecule has 0 aliphatic heterocycles. The third-order valence-electron chi connectivity index (χ3n) is 14.7. The molecule has 3 heterocycles. The molecule has 0 saturated heterocycles. The van der Waals surface area contributed by atoms with Crippen LogP contribution in [0.1, 0.15) is 0 Å². The van der Waals surface area contributed by atoms with E-state index in [-0.39, 0.29) is 0 Å². The average molecular weight is 909 g/mol. The van der Waals surface area contributed by atoms with Gasteiger partial charge in [-0.3, -0.25) is 0 Å². The summed E-state index contributed by atoms with van der Waals surface area (Å²) >= 11 is 0. The zero-order valence-corrected chi connectivity index (χ0v) is 39.2. The van der Waals surface area contributed by atoms with E-state index in [1.807, 2.05) is 6.07 Å². The number of rotatable bonds is 8. The number of nitrogens with zero attached hydrogens (tertiary/aromatic N) is 2. The Bertz CT molecular complexity index is 4190. The van der Waals surface area contributed by atoms with Crippen molar-refractivity contribution < 1.29 is 4.42 Å². The Balaban J connectivity index is 1.00. The quantitative estimate of drug-likeness (QED) is 0.110. The zero-order chi connectivity index (χ0) is 46.2. The predicted octanol–water partition coefficient (Wildman–Crippen LogP) is 14.5. The van der Waals surface area contributed by atoms with E-state index in [9.17, 15) is 0 Å². The van der Waals surface area contributed by atoms with Crippen LogP contribution in [0.15, 0.2) is 271 Å². The number of benzene rings is 11. The highest BCUT2D eigenvalue weighted by Gasteiger charge is 2.41. The van der Waals surface area contributed by atoms with Crippen LogP contribution in [0.3, 0.4) is 0 Å². The molecule has 0 unspecified atom stereocenters. The lowest BCUT2D eigenvalue weighted by Gasteiger charge is -2.34. The van der Waals surface area contributed by atoms with Gasteiger partial charge in [-0.15, -0.1) is 0 Å². The molecule has 3 nitrogen and oxygen atoms in total. The van der Waals surface area contributed by atoms with Crippen LogP contribution in [0.2, 0.25) is 0 Å². The van der Waals surface area contributed by atoms with Crippen molar-refractivity contribution in [1.82, 2.24) is 9.13 Å². The van der Waals surface area contributed by atoms with Gasteiger partial charge in [0.1, 0.15) is 11.2 Å². The molecule has 70 heavy (non-hydrogen) atoms. The van der Waals surface area contributed by atoms with E-state index in [4.69, 9.17) is 4.42 Å². The smallest absolute Gasteiger partial charge is 0.179 e. The maximum Gasteiger partial charge on any atom is 0.179 e. The molecule has 0 aliphatic rings. The van der Waals surface area contributed by atoms with Crippen LogP contribution in [0, 0.1) is 0 Å². The maximum absolute atomic E-state index is 6.45. The molecule has 0 N–H and O–H groups in total. The molecule has 14 rings (SSSR count). The molecule has 3 aromatic heterocycles. The van der Waals surface area contributed by atoms with Gasteiger partial charge in [0, 0.05) is 43.7 Å². The van der Waals surface area contributed by atoms with Crippen LogP contribution in [-0.4, -0.2) is 17.2 Å². The average Bonchev–Trinajstić information content (AvgIpc) is 4.10. The minimum Gasteiger partial charge on any atom is -0.456 e. The lowest BCUT2D eigenvalue weighted by molar-refractivity contribution is 0.669. The van der Waals surface area contributed by atoms with Crippen molar-refractivity contribution in [1.29, 1.82) is 0 Å². The molecule has 4 heteroatoms. The van der Waals surface area contributed by atoms with Crippen LogP contribution >= 0.6 is 0 Å². The Morgan fingerprint density at radius 1 is 0.271 bits per heavy atom. The number of hydrogen-bond acceptors (Lipinski definition) is 1. The molecule has 328 valence electrons. The van der Waals surface area contributed by atoms with E-state index in [0.29, 0.717) is 0 Å². The maximum atomic E-state index is 6.45. The van der Waals surface area contributed by atoms with Gasteiger partial charge in [-0.2, -0.15) is 0 Å². The van der Waals surface area contributed by atoms with E-state index >= 15 is 0 Å². The minimum absolute atomic E-state index is 0.894. The minimum atomic E-state index is -2.78. The van der Waals surface area contributed by atoms with Crippen molar-refractivity contribution in [2.75, 3.05) is 0 Å². The molecule has 0 aliphatic carbocycles. The van der Waals surface area contributed by atoms with Gasteiger partial charge >= 0.3 is 0 Å². The number of furan rings is 1. The number of hydrogen-bond donors (Lipinski definition) is 0. The Labute approximate surface area is 406 Å². The first-order chi connectivity index (χ1) is 34.7. The van der Waals surface area contributed by atoms with Crippen molar-refractivity contribution in [2.24, 2.45) is 0 Å². The van der Waals surface area contributed by atoms with E-state index in [2.05, 4.69) is 270 Å². The van der Waals surface area contributed by atoms with Gasteiger partial charge in [0.15, 0.2) is 8.07 Å². The molecule has 14 aromatic rings. The molecule has 0 radical (unpaired) electrons. The van der Waals surface area contributed by atoms with Gasteiger partial charge in [0.05, 0.1) is 22.1 Å².